The molecule has 2 rings (SSSR count). The summed E-state index contributed by atoms with van der Waals surface area (Å²) in [4.78, 5) is 4.30. The van der Waals surface area contributed by atoms with Gasteiger partial charge >= 0.3 is 0 Å². The first-order valence-electron chi connectivity index (χ1n) is 6.44. The second-order valence-corrected chi connectivity index (χ2v) is 5.00. The van der Waals surface area contributed by atoms with Gasteiger partial charge in [-0.05, 0) is 56.3 Å². The van der Waals surface area contributed by atoms with Crippen LogP contribution in [0.2, 0.25) is 0 Å². The van der Waals surface area contributed by atoms with Gasteiger partial charge in [-0.25, -0.2) is 0 Å². The third-order valence-corrected chi connectivity index (χ3v) is 3.67. The zero-order valence-electron chi connectivity index (χ0n) is 10.4. The van der Waals surface area contributed by atoms with Crippen molar-refractivity contribution in [1.29, 1.82) is 0 Å². The molecular formula is C14H22N2. The molecule has 16 heavy (non-hydrogen) atoms. The molecular weight excluding hydrogens is 196 g/mol. The molecule has 0 aliphatic carbocycles. The Hall–Kier alpha value is -0.890. The predicted molar refractivity (Wildman–Crippen MR) is 67.4 cm³/mol. The van der Waals surface area contributed by atoms with Crippen molar-refractivity contribution in [2.45, 2.75) is 51.5 Å². The molecule has 1 aromatic heterocycles. The SMILES string of the molecule is CCCCc1ccncc1[C@]1(C)CCCN1. The molecule has 0 unspecified atom stereocenters. The molecule has 0 aromatic carbocycles. The molecule has 1 atom stereocenters. The monoisotopic (exact) mass is 218 g/mol. The summed E-state index contributed by atoms with van der Waals surface area (Å²) in [5, 5.41) is 3.63. The van der Waals surface area contributed by atoms with Crippen molar-refractivity contribution in [1.82, 2.24) is 10.3 Å². The molecule has 2 nitrogen and oxygen atoms in total. The molecule has 1 saturated heterocycles. The summed E-state index contributed by atoms with van der Waals surface area (Å²) in [5.41, 5.74) is 3.06. The standard InChI is InChI=1S/C14H22N2/c1-3-4-6-12-7-10-15-11-13(12)14(2)8-5-9-16-14/h7,10-11,16H,3-6,8-9H2,1-2H3/t14-/m0/s1. The zero-order chi connectivity index (χ0) is 11.4. The summed E-state index contributed by atoms with van der Waals surface area (Å²) >= 11 is 0. The number of rotatable bonds is 4. The van der Waals surface area contributed by atoms with Gasteiger partial charge in [0.15, 0.2) is 0 Å². The molecule has 1 N–H and O–H groups in total. The van der Waals surface area contributed by atoms with E-state index < -0.39 is 0 Å². The minimum absolute atomic E-state index is 0.164. The Labute approximate surface area is 98.5 Å². The minimum atomic E-state index is 0.164. The Morgan fingerprint density at radius 3 is 3.06 bits per heavy atom. The van der Waals surface area contributed by atoms with Crippen LogP contribution in [-0.2, 0) is 12.0 Å². The highest BCUT2D eigenvalue weighted by Crippen LogP contribution is 2.32. The number of hydrogen-bond acceptors (Lipinski definition) is 2. The number of nitrogens with one attached hydrogen (secondary N) is 1. The van der Waals surface area contributed by atoms with Crippen LogP contribution < -0.4 is 5.32 Å². The van der Waals surface area contributed by atoms with Crippen molar-refractivity contribution in [2.24, 2.45) is 0 Å². The first-order chi connectivity index (χ1) is 7.76. The van der Waals surface area contributed by atoms with Crippen LogP contribution in [0.1, 0.15) is 50.7 Å². The molecule has 0 bridgehead atoms. The van der Waals surface area contributed by atoms with E-state index in [9.17, 15) is 0 Å². The smallest absolute Gasteiger partial charge is 0.0424 e. The van der Waals surface area contributed by atoms with Crippen molar-refractivity contribution >= 4 is 0 Å². The lowest BCUT2D eigenvalue weighted by Gasteiger charge is -2.27. The molecule has 2 heterocycles. The van der Waals surface area contributed by atoms with E-state index in [0.29, 0.717) is 0 Å². The summed E-state index contributed by atoms with van der Waals surface area (Å²) in [7, 11) is 0. The van der Waals surface area contributed by atoms with Crippen LogP contribution in [0.25, 0.3) is 0 Å². The van der Waals surface area contributed by atoms with E-state index in [1.54, 1.807) is 0 Å². The summed E-state index contributed by atoms with van der Waals surface area (Å²) in [6, 6.07) is 2.19. The van der Waals surface area contributed by atoms with Crippen molar-refractivity contribution in [3.63, 3.8) is 0 Å². The maximum atomic E-state index is 4.30. The highest BCUT2D eigenvalue weighted by Gasteiger charge is 2.31. The second-order valence-electron chi connectivity index (χ2n) is 5.00. The van der Waals surface area contributed by atoms with Crippen LogP contribution in [0.15, 0.2) is 18.5 Å². The van der Waals surface area contributed by atoms with E-state index in [1.807, 2.05) is 6.20 Å². The molecule has 2 heteroatoms. The van der Waals surface area contributed by atoms with E-state index in [0.717, 1.165) is 6.54 Å². The van der Waals surface area contributed by atoms with Crippen LogP contribution in [0.5, 0.6) is 0 Å². The van der Waals surface area contributed by atoms with E-state index in [2.05, 4.69) is 36.4 Å². The quantitative estimate of drug-likeness (QED) is 0.840. The van der Waals surface area contributed by atoms with E-state index in [4.69, 9.17) is 0 Å². The lowest BCUT2D eigenvalue weighted by Crippen LogP contribution is -2.34. The fourth-order valence-corrected chi connectivity index (χ4v) is 2.63. The maximum Gasteiger partial charge on any atom is 0.0424 e. The molecule has 0 saturated carbocycles. The maximum absolute atomic E-state index is 4.30. The number of aryl methyl sites for hydroxylation is 1. The number of pyridine rings is 1. The van der Waals surface area contributed by atoms with Gasteiger partial charge in [0.1, 0.15) is 0 Å². The van der Waals surface area contributed by atoms with Crippen LogP contribution in [0.4, 0.5) is 0 Å². The van der Waals surface area contributed by atoms with Crippen molar-refractivity contribution in [2.75, 3.05) is 6.54 Å². The summed E-state index contributed by atoms with van der Waals surface area (Å²) < 4.78 is 0. The summed E-state index contributed by atoms with van der Waals surface area (Å²) in [5.74, 6) is 0. The van der Waals surface area contributed by atoms with Gasteiger partial charge in [-0.1, -0.05) is 13.3 Å². The molecule has 1 fully saturated rings. The van der Waals surface area contributed by atoms with Crippen LogP contribution in [-0.4, -0.2) is 11.5 Å². The number of nitrogens with zero attached hydrogens (tertiary/aromatic N) is 1. The minimum Gasteiger partial charge on any atom is -0.308 e. The lowest BCUT2D eigenvalue weighted by atomic mass is 9.87. The van der Waals surface area contributed by atoms with E-state index in [1.165, 1.54) is 43.2 Å². The van der Waals surface area contributed by atoms with Crippen molar-refractivity contribution < 1.29 is 0 Å². The third-order valence-electron chi connectivity index (χ3n) is 3.67. The molecule has 1 aliphatic rings. The van der Waals surface area contributed by atoms with Crippen LogP contribution in [0.3, 0.4) is 0 Å². The summed E-state index contributed by atoms with van der Waals surface area (Å²) in [6.07, 6.45) is 10.2. The van der Waals surface area contributed by atoms with Crippen molar-refractivity contribution in [3.05, 3.63) is 29.6 Å². The average molecular weight is 218 g/mol. The topological polar surface area (TPSA) is 24.9 Å². The fraction of sp³-hybridized carbons (Fsp3) is 0.643. The Morgan fingerprint density at radius 1 is 1.50 bits per heavy atom. The third kappa shape index (κ3) is 2.27. The fourth-order valence-electron chi connectivity index (χ4n) is 2.63. The van der Waals surface area contributed by atoms with Crippen LogP contribution in [0, 0.1) is 0 Å². The predicted octanol–water partition coefficient (Wildman–Crippen LogP) is 3.02. The summed E-state index contributed by atoms with van der Waals surface area (Å²) in [6.45, 7) is 5.70. The highest BCUT2D eigenvalue weighted by atomic mass is 15.0. The molecule has 1 aliphatic heterocycles. The van der Waals surface area contributed by atoms with Gasteiger partial charge in [0.2, 0.25) is 0 Å². The Kier molecular flexibility index (Phi) is 3.59. The molecule has 0 radical (unpaired) electrons. The molecule has 0 spiro atoms. The highest BCUT2D eigenvalue weighted by molar-refractivity contribution is 5.31. The van der Waals surface area contributed by atoms with Gasteiger partial charge in [0, 0.05) is 17.9 Å². The molecule has 88 valence electrons. The van der Waals surface area contributed by atoms with Gasteiger partial charge in [-0.15, -0.1) is 0 Å². The average Bonchev–Trinajstić information content (AvgIpc) is 2.75. The Balaban J connectivity index is 2.24. The number of aromatic nitrogens is 1. The Morgan fingerprint density at radius 2 is 2.38 bits per heavy atom. The van der Waals surface area contributed by atoms with E-state index >= 15 is 0 Å². The molecule has 0 amide bonds. The first kappa shape index (κ1) is 11.6. The van der Waals surface area contributed by atoms with Gasteiger partial charge < -0.3 is 5.32 Å². The normalized spacial score (nSPS) is 24.9. The first-order valence-corrected chi connectivity index (χ1v) is 6.44. The number of unbranched alkanes of at least 4 members (excludes halogenated alkanes) is 1. The van der Waals surface area contributed by atoms with Crippen LogP contribution >= 0.6 is 0 Å². The van der Waals surface area contributed by atoms with Gasteiger partial charge in [-0.3, -0.25) is 4.98 Å². The zero-order valence-corrected chi connectivity index (χ0v) is 10.4. The van der Waals surface area contributed by atoms with Crippen molar-refractivity contribution in [3.8, 4) is 0 Å². The molecule has 1 aromatic rings. The second kappa shape index (κ2) is 4.96. The van der Waals surface area contributed by atoms with Gasteiger partial charge in [-0.2, -0.15) is 0 Å². The van der Waals surface area contributed by atoms with E-state index in [-0.39, 0.29) is 5.54 Å². The van der Waals surface area contributed by atoms with Gasteiger partial charge in [0.05, 0.1) is 0 Å². The largest absolute Gasteiger partial charge is 0.308 e. The van der Waals surface area contributed by atoms with Gasteiger partial charge in [0.25, 0.3) is 0 Å². The Bertz CT molecular complexity index is 340. The number of hydrogen-bond donors (Lipinski definition) is 1. The lowest BCUT2D eigenvalue weighted by molar-refractivity contribution is 0.428.